The smallest absolute Gasteiger partial charge is 0.334 e. The van der Waals surface area contributed by atoms with Crippen LogP contribution in [0.25, 0.3) is 5.57 Å². The number of urea groups is 1. The maximum atomic E-state index is 13.9. The van der Waals surface area contributed by atoms with E-state index < -0.39 is 24.5 Å². The molecule has 0 radical (unpaired) electrons. The third kappa shape index (κ3) is 8.16. The molecule has 0 aliphatic heterocycles. The van der Waals surface area contributed by atoms with Crippen LogP contribution >= 0.6 is 0 Å². The molecule has 2 unspecified atom stereocenters. The van der Waals surface area contributed by atoms with E-state index in [2.05, 4.69) is 60.1 Å². The lowest BCUT2D eigenvalue weighted by atomic mass is 9.83. The first-order valence-electron chi connectivity index (χ1n) is 15.4. The first-order valence-corrected chi connectivity index (χ1v) is 15.4. The van der Waals surface area contributed by atoms with Crippen molar-refractivity contribution in [2.45, 2.75) is 51.2 Å². The highest BCUT2D eigenvalue weighted by molar-refractivity contribution is 5.95. The summed E-state index contributed by atoms with van der Waals surface area (Å²) in [5.41, 5.74) is 6.28. The summed E-state index contributed by atoms with van der Waals surface area (Å²) in [5, 5.41) is 23.8. The topological polar surface area (TPSA) is 119 Å². The van der Waals surface area contributed by atoms with Crippen molar-refractivity contribution in [1.82, 2.24) is 10.6 Å². The Morgan fingerprint density at radius 1 is 0.956 bits per heavy atom. The van der Waals surface area contributed by atoms with E-state index in [0.29, 0.717) is 5.56 Å². The van der Waals surface area contributed by atoms with Crippen LogP contribution in [0, 0.1) is 5.92 Å². The van der Waals surface area contributed by atoms with Crippen LogP contribution in [0.2, 0.25) is 0 Å². The molecule has 2 aliphatic carbocycles. The van der Waals surface area contributed by atoms with E-state index in [1.807, 2.05) is 36.4 Å². The highest BCUT2D eigenvalue weighted by atomic mass is 16.4. The average molecular weight is 606 g/mol. The molecule has 45 heavy (non-hydrogen) atoms. The van der Waals surface area contributed by atoms with Crippen LogP contribution in [0.15, 0.2) is 109 Å². The molecule has 3 amide bonds. The van der Waals surface area contributed by atoms with E-state index in [1.54, 1.807) is 29.2 Å². The number of benzene rings is 3. The number of aliphatic carboxylic acids is 1. The van der Waals surface area contributed by atoms with Gasteiger partial charge in [-0.3, -0.25) is 9.69 Å². The van der Waals surface area contributed by atoms with E-state index >= 15 is 0 Å². The normalized spacial score (nSPS) is 18.3. The molecule has 232 valence electrons. The zero-order valence-electron chi connectivity index (χ0n) is 25.4. The maximum absolute atomic E-state index is 13.9. The molecule has 5 rings (SSSR count). The number of nitrogens with one attached hydrogen (secondary N) is 2. The SMILES string of the molecule is CC1C=CC(NC(=O)N(Cc2ccc(C(=O)NC[C@@H](O)C(=O)O)cc2)c2ccc(C3=CCCCC3)cc2)=CC1c1ccccc1. The Hall–Kier alpha value is -4.95. The van der Waals surface area contributed by atoms with Crippen LogP contribution in [0.4, 0.5) is 10.5 Å². The van der Waals surface area contributed by atoms with Gasteiger partial charge in [0.2, 0.25) is 0 Å². The minimum Gasteiger partial charge on any atom is -0.479 e. The molecule has 0 spiro atoms. The Balaban J connectivity index is 1.36. The van der Waals surface area contributed by atoms with Gasteiger partial charge in [0.25, 0.3) is 5.91 Å². The predicted octanol–water partition coefficient (Wildman–Crippen LogP) is 6.41. The number of carboxylic acids is 1. The lowest BCUT2D eigenvalue weighted by Gasteiger charge is -2.27. The lowest BCUT2D eigenvalue weighted by molar-refractivity contribution is -0.146. The van der Waals surface area contributed by atoms with Gasteiger partial charge in [-0.05, 0) is 84.2 Å². The molecule has 4 N–H and O–H groups in total. The predicted molar refractivity (Wildman–Crippen MR) is 176 cm³/mol. The largest absolute Gasteiger partial charge is 0.479 e. The van der Waals surface area contributed by atoms with Gasteiger partial charge in [-0.2, -0.15) is 0 Å². The number of aliphatic hydroxyl groups excluding tert-OH is 1. The summed E-state index contributed by atoms with van der Waals surface area (Å²) in [4.78, 5) is 38.9. The Kier molecular flexibility index (Phi) is 10.3. The molecule has 0 saturated heterocycles. The molecule has 0 bridgehead atoms. The number of allylic oxidation sites excluding steroid dienone is 5. The summed E-state index contributed by atoms with van der Waals surface area (Å²) in [7, 11) is 0. The number of amides is 3. The van der Waals surface area contributed by atoms with Gasteiger partial charge in [0.15, 0.2) is 6.10 Å². The van der Waals surface area contributed by atoms with Crippen molar-refractivity contribution in [3.05, 3.63) is 131 Å². The fourth-order valence-electron chi connectivity index (χ4n) is 5.68. The number of aliphatic hydroxyl groups is 1. The van der Waals surface area contributed by atoms with Gasteiger partial charge in [-0.25, -0.2) is 9.59 Å². The first-order chi connectivity index (χ1) is 21.8. The lowest BCUT2D eigenvalue weighted by Crippen LogP contribution is -2.39. The summed E-state index contributed by atoms with van der Waals surface area (Å²) in [6.45, 7) is 2.02. The van der Waals surface area contributed by atoms with Crippen molar-refractivity contribution in [2.24, 2.45) is 5.92 Å². The third-order valence-corrected chi connectivity index (χ3v) is 8.32. The molecule has 0 heterocycles. The van der Waals surface area contributed by atoms with E-state index in [1.165, 1.54) is 29.5 Å². The Morgan fingerprint density at radius 2 is 1.69 bits per heavy atom. The highest BCUT2D eigenvalue weighted by Crippen LogP contribution is 2.32. The minimum atomic E-state index is -1.68. The molecular weight excluding hydrogens is 566 g/mol. The monoisotopic (exact) mass is 605 g/mol. The number of hydrogen-bond donors (Lipinski definition) is 4. The maximum Gasteiger partial charge on any atom is 0.334 e. The molecular formula is C37H39N3O5. The van der Waals surface area contributed by atoms with Gasteiger partial charge in [-0.1, -0.05) is 79.7 Å². The van der Waals surface area contributed by atoms with E-state index in [-0.39, 0.29) is 24.4 Å². The first kappa shape index (κ1) is 31.5. The standard InChI is InChI=1S/C37H39N3O5/c1-25-12-19-31(22-33(25)29-10-6-3-7-11-29)39-37(45)40(32-20-17-28(18-21-32)27-8-4-2-5-9-27)24-26-13-15-30(16-14-26)35(42)38-23-34(41)36(43)44/h3,6-8,10-22,25,33-34,41H,2,4-5,9,23-24H2,1H3,(H,38,42)(H,39,45)(H,43,44)/t25?,33?,34-/m1/s1. The number of anilines is 1. The number of rotatable bonds is 10. The van der Waals surface area contributed by atoms with E-state index in [0.717, 1.165) is 29.8 Å². The van der Waals surface area contributed by atoms with Crippen LogP contribution in [0.3, 0.4) is 0 Å². The Bertz CT molecular complexity index is 1590. The van der Waals surface area contributed by atoms with Crippen molar-refractivity contribution in [3.8, 4) is 0 Å². The minimum absolute atomic E-state index is 0.137. The van der Waals surface area contributed by atoms with Crippen molar-refractivity contribution in [3.63, 3.8) is 0 Å². The summed E-state index contributed by atoms with van der Waals surface area (Å²) >= 11 is 0. The molecule has 3 atom stereocenters. The number of carbonyl (C=O) groups is 3. The van der Waals surface area contributed by atoms with Crippen LogP contribution in [-0.4, -0.2) is 40.8 Å². The number of hydrogen-bond acceptors (Lipinski definition) is 4. The fraction of sp³-hybridized carbons (Fsp3) is 0.270. The molecule has 3 aromatic rings. The van der Waals surface area contributed by atoms with Gasteiger partial charge in [0.05, 0.1) is 13.1 Å². The molecule has 8 heteroatoms. The highest BCUT2D eigenvalue weighted by Gasteiger charge is 2.23. The summed E-state index contributed by atoms with van der Waals surface area (Å²) in [6, 6.07) is 24.8. The summed E-state index contributed by atoms with van der Waals surface area (Å²) < 4.78 is 0. The van der Waals surface area contributed by atoms with Crippen molar-refractivity contribution >= 4 is 29.2 Å². The van der Waals surface area contributed by atoms with Crippen molar-refractivity contribution in [2.75, 3.05) is 11.4 Å². The van der Waals surface area contributed by atoms with Crippen molar-refractivity contribution in [1.29, 1.82) is 0 Å². The number of carbonyl (C=O) groups excluding carboxylic acids is 2. The fourth-order valence-corrected chi connectivity index (χ4v) is 5.68. The van der Waals surface area contributed by atoms with Crippen LogP contribution in [0.1, 0.15) is 65.6 Å². The Labute approximate surface area is 263 Å². The van der Waals surface area contributed by atoms with Gasteiger partial charge in [0, 0.05) is 22.9 Å². The number of carboxylic acid groups (broad SMARTS) is 1. The van der Waals surface area contributed by atoms with E-state index in [9.17, 15) is 19.5 Å². The second kappa shape index (κ2) is 14.7. The second-order valence-corrected chi connectivity index (χ2v) is 11.6. The second-order valence-electron chi connectivity index (χ2n) is 11.6. The summed E-state index contributed by atoms with van der Waals surface area (Å²) in [5.74, 6) is -1.48. The molecule has 0 fully saturated rings. The van der Waals surface area contributed by atoms with Crippen LogP contribution in [-0.2, 0) is 11.3 Å². The van der Waals surface area contributed by atoms with Gasteiger partial charge in [0.1, 0.15) is 0 Å². The van der Waals surface area contributed by atoms with Gasteiger partial charge in [-0.15, -0.1) is 0 Å². The molecule has 3 aromatic carbocycles. The van der Waals surface area contributed by atoms with Crippen molar-refractivity contribution < 1.29 is 24.6 Å². The average Bonchev–Trinajstić information content (AvgIpc) is 3.08. The quantitative estimate of drug-likeness (QED) is 0.213. The molecule has 0 saturated carbocycles. The zero-order valence-corrected chi connectivity index (χ0v) is 25.4. The van der Waals surface area contributed by atoms with Gasteiger partial charge >= 0.3 is 12.0 Å². The third-order valence-electron chi connectivity index (χ3n) is 8.32. The van der Waals surface area contributed by atoms with Crippen LogP contribution < -0.4 is 15.5 Å². The van der Waals surface area contributed by atoms with E-state index in [4.69, 9.17) is 5.11 Å². The van der Waals surface area contributed by atoms with Gasteiger partial charge < -0.3 is 20.8 Å². The summed E-state index contributed by atoms with van der Waals surface area (Å²) in [6.07, 6.45) is 11.3. The zero-order chi connectivity index (χ0) is 31.8. The number of nitrogens with zero attached hydrogens (tertiary/aromatic N) is 1. The molecule has 8 nitrogen and oxygen atoms in total. The van der Waals surface area contributed by atoms with Crippen LogP contribution in [0.5, 0.6) is 0 Å². The molecule has 0 aromatic heterocycles. The Morgan fingerprint density at radius 3 is 2.36 bits per heavy atom. The molecule has 2 aliphatic rings.